The molecule has 4 rings (SSSR count). The number of rotatable bonds is 4. The van der Waals surface area contributed by atoms with Gasteiger partial charge in [-0.1, -0.05) is 41.9 Å². The number of ether oxygens (including phenoxy) is 1. The average Bonchev–Trinajstić information content (AvgIpc) is 2.79. The van der Waals surface area contributed by atoms with Gasteiger partial charge in [-0.3, -0.25) is 4.79 Å². The first kappa shape index (κ1) is 20.2. The second kappa shape index (κ2) is 8.71. The normalized spacial score (nSPS) is 14.0. The minimum Gasteiger partial charge on any atom is -0.496 e. The maximum Gasteiger partial charge on any atom is 0.257 e. The number of hydrogen-bond donors (Lipinski definition) is 0. The van der Waals surface area contributed by atoms with E-state index in [1.807, 2.05) is 48.2 Å². The van der Waals surface area contributed by atoms with Crippen molar-refractivity contribution in [2.45, 2.75) is 6.92 Å². The SMILES string of the molecule is COc1ccc(Cl)cc1C(=O)N1CCN(c2cc(-c3ccccc3)nc(C)n2)CC1. The Morgan fingerprint density at radius 2 is 1.73 bits per heavy atom. The summed E-state index contributed by atoms with van der Waals surface area (Å²) in [4.78, 5) is 26.2. The van der Waals surface area contributed by atoms with Crippen LogP contribution in [0.3, 0.4) is 0 Å². The molecule has 1 aliphatic rings. The van der Waals surface area contributed by atoms with Crippen molar-refractivity contribution >= 4 is 23.3 Å². The molecule has 3 aromatic rings. The zero-order valence-corrected chi connectivity index (χ0v) is 17.8. The molecule has 2 aromatic carbocycles. The molecule has 0 unspecified atom stereocenters. The van der Waals surface area contributed by atoms with Crippen molar-refractivity contribution < 1.29 is 9.53 Å². The Hall–Kier alpha value is -3.12. The Labute approximate surface area is 181 Å². The molecule has 1 amide bonds. The number of aryl methyl sites for hydroxylation is 1. The van der Waals surface area contributed by atoms with Crippen molar-refractivity contribution in [2.75, 3.05) is 38.2 Å². The van der Waals surface area contributed by atoms with E-state index in [2.05, 4.69) is 14.9 Å². The fourth-order valence-corrected chi connectivity index (χ4v) is 3.80. The zero-order chi connectivity index (χ0) is 21.1. The first-order chi connectivity index (χ1) is 14.5. The lowest BCUT2D eigenvalue weighted by Gasteiger charge is -2.35. The number of piperazine rings is 1. The number of aromatic nitrogens is 2. The van der Waals surface area contributed by atoms with Gasteiger partial charge >= 0.3 is 0 Å². The van der Waals surface area contributed by atoms with Gasteiger partial charge in [0.25, 0.3) is 5.91 Å². The third-order valence-electron chi connectivity index (χ3n) is 5.18. The lowest BCUT2D eigenvalue weighted by Crippen LogP contribution is -2.49. The van der Waals surface area contributed by atoms with Crippen LogP contribution in [0, 0.1) is 6.92 Å². The Balaban J connectivity index is 1.50. The number of carbonyl (C=O) groups excluding carboxylic acids is 1. The van der Waals surface area contributed by atoms with E-state index in [1.54, 1.807) is 25.3 Å². The first-order valence-electron chi connectivity index (χ1n) is 9.84. The average molecular weight is 423 g/mol. The summed E-state index contributed by atoms with van der Waals surface area (Å²) in [5, 5.41) is 0.516. The van der Waals surface area contributed by atoms with Gasteiger partial charge in [0.15, 0.2) is 0 Å². The molecule has 0 spiro atoms. The molecular weight excluding hydrogens is 400 g/mol. The monoisotopic (exact) mass is 422 g/mol. The molecule has 0 radical (unpaired) electrons. The number of methoxy groups -OCH3 is 1. The van der Waals surface area contributed by atoms with Crippen molar-refractivity contribution in [3.05, 3.63) is 71.0 Å². The Kier molecular flexibility index (Phi) is 5.86. The molecule has 6 nitrogen and oxygen atoms in total. The molecule has 30 heavy (non-hydrogen) atoms. The number of halogens is 1. The highest BCUT2D eigenvalue weighted by Crippen LogP contribution is 2.26. The van der Waals surface area contributed by atoms with E-state index in [1.165, 1.54) is 0 Å². The van der Waals surface area contributed by atoms with Gasteiger partial charge in [-0.2, -0.15) is 0 Å². The quantitative estimate of drug-likeness (QED) is 0.634. The standard InChI is InChI=1S/C23H23ClN4O2/c1-16-25-20(17-6-4-3-5-7-17)15-22(26-16)27-10-12-28(13-11-27)23(29)19-14-18(24)8-9-21(19)30-2/h3-9,14-15H,10-13H2,1-2H3. The lowest BCUT2D eigenvalue weighted by atomic mass is 10.1. The minimum atomic E-state index is -0.0714. The Bertz CT molecular complexity index is 1050. The molecule has 0 N–H and O–H groups in total. The lowest BCUT2D eigenvalue weighted by molar-refractivity contribution is 0.0743. The van der Waals surface area contributed by atoms with Crippen LogP contribution in [0.2, 0.25) is 5.02 Å². The van der Waals surface area contributed by atoms with Crippen LogP contribution in [0.1, 0.15) is 16.2 Å². The number of benzene rings is 2. The van der Waals surface area contributed by atoms with Crippen molar-refractivity contribution in [1.29, 1.82) is 0 Å². The van der Waals surface area contributed by atoms with Crippen LogP contribution < -0.4 is 9.64 Å². The van der Waals surface area contributed by atoms with Gasteiger partial charge in [0, 0.05) is 42.8 Å². The van der Waals surface area contributed by atoms with Crippen molar-refractivity contribution in [3.63, 3.8) is 0 Å². The Morgan fingerprint density at radius 1 is 1.00 bits per heavy atom. The molecule has 1 fully saturated rings. The molecule has 0 saturated carbocycles. The number of hydrogen-bond acceptors (Lipinski definition) is 5. The van der Waals surface area contributed by atoms with Crippen LogP contribution in [-0.2, 0) is 0 Å². The van der Waals surface area contributed by atoms with Gasteiger partial charge in [0.2, 0.25) is 0 Å². The molecule has 0 bridgehead atoms. The summed E-state index contributed by atoms with van der Waals surface area (Å²) in [5.74, 6) is 2.07. The van der Waals surface area contributed by atoms with Crippen LogP contribution in [-0.4, -0.2) is 54.1 Å². The minimum absolute atomic E-state index is 0.0714. The van der Waals surface area contributed by atoms with E-state index in [-0.39, 0.29) is 5.91 Å². The van der Waals surface area contributed by atoms with Crippen LogP contribution >= 0.6 is 11.6 Å². The third-order valence-corrected chi connectivity index (χ3v) is 5.41. The van der Waals surface area contributed by atoms with Crippen molar-refractivity contribution in [1.82, 2.24) is 14.9 Å². The van der Waals surface area contributed by atoms with Crippen LogP contribution in [0.5, 0.6) is 5.75 Å². The van der Waals surface area contributed by atoms with Gasteiger partial charge in [-0.05, 0) is 25.1 Å². The Morgan fingerprint density at radius 3 is 2.43 bits per heavy atom. The predicted molar refractivity (Wildman–Crippen MR) is 118 cm³/mol. The molecule has 0 aliphatic carbocycles. The van der Waals surface area contributed by atoms with E-state index in [4.69, 9.17) is 16.3 Å². The van der Waals surface area contributed by atoms with Crippen LogP contribution in [0.15, 0.2) is 54.6 Å². The summed E-state index contributed by atoms with van der Waals surface area (Å²) in [6.45, 7) is 4.48. The second-order valence-electron chi connectivity index (χ2n) is 7.15. The van der Waals surface area contributed by atoms with E-state index < -0.39 is 0 Å². The zero-order valence-electron chi connectivity index (χ0n) is 17.0. The summed E-state index contributed by atoms with van der Waals surface area (Å²) in [6.07, 6.45) is 0. The van der Waals surface area contributed by atoms with Crippen molar-refractivity contribution in [2.24, 2.45) is 0 Å². The smallest absolute Gasteiger partial charge is 0.257 e. The summed E-state index contributed by atoms with van der Waals surface area (Å²) in [6, 6.07) is 17.2. The first-order valence-corrected chi connectivity index (χ1v) is 10.2. The fourth-order valence-electron chi connectivity index (χ4n) is 3.63. The molecule has 154 valence electrons. The fraction of sp³-hybridized carbons (Fsp3) is 0.261. The van der Waals surface area contributed by atoms with Gasteiger partial charge in [-0.25, -0.2) is 9.97 Å². The van der Waals surface area contributed by atoms with E-state index >= 15 is 0 Å². The van der Waals surface area contributed by atoms with E-state index in [0.29, 0.717) is 42.5 Å². The third kappa shape index (κ3) is 4.24. The van der Waals surface area contributed by atoms with Crippen molar-refractivity contribution in [3.8, 4) is 17.0 Å². The summed E-state index contributed by atoms with van der Waals surface area (Å²) in [5.41, 5.74) is 2.45. The maximum atomic E-state index is 13.0. The van der Waals surface area contributed by atoms with Gasteiger partial charge in [0.05, 0.1) is 18.4 Å². The highest BCUT2D eigenvalue weighted by molar-refractivity contribution is 6.31. The summed E-state index contributed by atoms with van der Waals surface area (Å²) < 4.78 is 5.34. The number of nitrogens with zero attached hydrogens (tertiary/aromatic N) is 4. The second-order valence-corrected chi connectivity index (χ2v) is 7.58. The highest BCUT2D eigenvalue weighted by atomic mass is 35.5. The number of carbonyl (C=O) groups is 1. The summed E-state index contributed by atoms with van der Waals surface area (Å²) >= 11 is 6.09. The number of amides is 1. The molecule has 2 heterocycles. The topological polar surface area (TPSA) is 58.6 Å². The highest BCUT2D eigenvalue weighted by Gasteiger charge is 2.25. The molecule has 0 atom stereocenters. The van der Waals surface area contributed by atoms with Crippen LogP contribution in [0.4, 0.5) is 5.82 Å². The maximum absolute atomic E-state index is 13.0. The number of anilines is 1. The molecular formula is C23H23ClN4O2. The van der Waals surface area contributed by atoms with E-state index in [9.17, 15) is 4.79 Å². The molecule has 1 aromatic heterocycles. The molecule has 7 heteroatoms. The van der Waals surface area contributed by atoms with Crippen LogP contribution in [0.25, 0.3) is 11.3 Å². The van der Waals surface area contributed by atoms with Gasteiger partial charge in [-0.15, -0.1) is 0 Å². The molecule has 1 aliphatic heterocycles. The molecule has 1 saturated heterocycles. The van der Waals surface area contributed by atoms with Gasteiger partial charge in [0.1, 0.15) is 17.4 Å². The van der Waals surface area contributed by atoms with E-state index in [0.717, 1.165) is 22.9 Å². The predicted octanol–water partition coefficient (Wildman–Crippen LogP) is 4.08. The largest absolute Gasteiger partial charge is 0.496 e. The summed E-state index contributed by atoms with van der Waals surface area (Å²) in [7, 11) is 1.56. The van der Waals surface area contributed by atoms with Gasteiger partial charge < -0.3 is 14.5 Å².